The zero-order valence-corrected chi connectivity index (χ0v) is 11.0. The van der Waals surface area contributed by atoms with Crippen molar-refractivity contribution in [3.05, 3.63) is 64.8 Å². The van der Waals surface area contributed by atoms with E-state index in [2.05, 4.69) is 63.3 Å². The normalized spacial score (nSPS) is 16.5. The Bertz CT molecular complexity index is 499. The molecule has 0 aromatic heterocycles. The lowest BCUT2D eigenvalue weighted by molar-refractivity contribution is 0.974. The summed E-state index contributed by atoms with van der Waals surface area (Å²) in [6.45, 7) is 6.50. The van der Waals surface area contributed by atoms with Gasteiger partial charge in [0.15, 0.2) is 0 Å². The summed E-state index contributed by atoms with van der Waals surface area (Å²) in [5.74, 6) is 0. The van der Waals surface area contributed by atoms with Crippen molar-refractivity contribution in [3.63, 3.8) is 0 Å². The van der Waals surface area contributed by atoms with Gasteiger partial charge in [0, 0.05) is 0 Å². The first-order valence-electron chi connectivity index (χ1n) is 6.32. The maximum atomic E-state index is 2.27. The van der Waals surface area contributed by atoms with Crippen molar-refractivity contribution in [2.75, 3.05) is 0 Å². The highest BCUT2D eigenvalue weighted by Crippen LogP contribution is 2.32. The van der Waals surface area contributed by atoms with Crippen LogP contribution >= 0.6 is 0 Å². The molecule has 1 aliphatic rings. The minimum Gasteiger partial charge on any atom is -0.0839 e. The van der Waals surface area contributed by atoms with Crippen LogP contribution in [0, 0.1) is 6.92 Å². The van der Waals surface area contributed by atoms with Gasteiger partial charge >= 0.3 is 0 Å². The molecule has 0 fully saturated rings. The van der Waals surface area contributed by atoms with Crippen molar-refractivity contribution in [1.82, 2.24) is 0 Å². The molecule has 0 unspecified atom stereocenters. The second-order valence-electron chi connectivity index (χ2n) is 4.67. The predicted molar refractivity (Wildman–Crippen MR) is 75.9 cm³/mol. The van der Waals surface area contributed by atoms with Gasteiger partial charge in [0.2, 0.25) is 0 Å². The molecule has 17 heavy (non-hydrogen) atoms. The molecule has 1 aromatic carbocycles. The third kappa shape index (κ3) is 2.58. The van der Waals surface area contributed by atoms with Crippen LogP contribution in [0.1, 0.15) is 37.8 Å². The maximum Gasteiger partial charge on any atom is -0.0182 e. The second-order valence-corrected chi connectivity index (χ2v) is 4.67. The molecule has 0 spiro atoms. The fourth-order valence-corrected chi connectivity index (χ4v) is 2.46. The average Bonchev–Trinajstić information content (AvgIpc) is 2.33. The van der Waals surface area contributed by atoms with Crippen molar-refractivity contribution >= 4 is 5.57 Å². The van der Waals surface area contributed by atoms with Crippen LogP contribution in [0.2, 0.25) is 0 Å². The van der Waals surface area contributed by atoms with E-state index in [4.69, 9.17) is 0 Å². The Labute approximate surface area is 104 Å². The van der Waals surface area contributed by atoms with Gasteiger partial charge in [-0.1, -0.05) is 48.1 Å². The molecule has 2 rings (SSSR count). The summed E-state index contributed by atoms with van der Waals surface area (Å²) >= 11 is 0. The van der Waals surface area contributed by atoms with E-state index in [0.29, 0.717) is 0 Å². The summed E-state index contributed by atoms with van der Waals surface area (Å²) in [4.78, 5) is 0. The smallest absolute Gasteiger partial charge is 0.0182 e. The van der Waals surface area contributed by atoms with Gasteiger partial charge in [0.05, 0.1) is 0 Å². The van der Waals surface area contributed by atoms with Crippen LogP contribution in [0.15, 0.2) is 53.6 Å². The highest BCUT2D eigenvalue weighted by molar-refractivity contribution is 5.80. The second kappa shape index (κ2) is 5.18. The van der Waals surface area contributed by atoms with Crippen LogP contribution in [-0.2, 0) is 0 Å². The summed E-state index contributed by atoms with van der Waals surface area (Å²) in [5, 5.41) is 0. The first-order chi connectivity index (χ1) is 8.22. The Morgan fingerprint density at radius 1 is 1.24 bits per heavy atom. The Hall–Kier alpha value is -1.56. The highest BCUT2D eigenvalue weighted by Gasteiger charge is 2.11. The Morgan fingerprint density at radius 2 is 2.06 bits per heavy atom. The number of benzene rings is 1. The van der Waals surface area contributed by atoms with E-state index >= 15 is 0 Å². The molecule has 0 bridgehead atoms. The lowest BCUT2D eigenvalue weighted by Crippen LogP contribution is -1.97. The number of allylic oxidation sites excluding steroid dienone is 6. The van der Waals surface area contributed by atoms with E-state index in [0.717, 1.165) is 12.8 Å². The molecule has 1 aromatic rings. The monoisotopic (exact) mass is 224 g/mol. The molecule has 0 radical (unpaired) electrons. The van der Waals surface area contributed by atoms with Crippen LogP contribution in [0.4, 0.5) is 0 Å². The average molecular weight is 224 g/mol. The Balaban J connectivity index is 2.45. The van der Waals surface area contributed by atoms with Crippen molar-refractivity contribution in [3.8, 4) is 0 Å². The fraction of sp³-hybridized carbons (Fsp3) is 0.294. The van der Waals surface area contributed by atoms with Gasteiger partial charge in [-0.15, -0.1) is 0 Å². The molecular weight excluding hydrogens is 204 g/mol. The Kier molecular flexibility index (Phi) is 3.63. The van der Waals surface area contributed by atoms with Gasteiger partial charge in [-0.3, -0.25) is 0 Å². The van der Waals surface area contributed by atoms with Crippen LogP contribution in [0.25, 0.3) is 5.57 Å². The van der Waals surface area contributed by atoms with Crippen LogP contribution < -0.4 is 0 Å². The van der Waals surface area contributed by atoms with Gasteiger partial charge in [-0.05, 0) is 55.9 Å². The number of hydrogen-bond donors (Lipinski definition) is 0. The molecule has 0 nitrogen and oxygen atoms in total. The zero-order valence-electron chi connectivity index (χ0n) is 11.0. The third-order valence-electron chi connectivity index (χ3n) is 3.35. The molecular formula is C17H20. The largest absolute Gasteiger partial charge is 0.0839 e. The summed E-state index contributed by atoms with van der Waals surface area (Å²) in [7, 11) is 0. The van der Waals surface area contributed by atoms with Gasteiger partial charge in [-0.2, -0.15) is 0 Å². The quantitative estimate of drug-likeness (QED) is 0.658. The summed E-state index contributed by atoms with van der Waals surface area (Å²) in [5.41, 5.74) is 6.98. The molecule has 0 heteroatoms. The SMILES string of the molecule is C/C=C(\C1=C(C)C=CCC1)c1cccc(C)c1. The first kappa shape index (κ1) is 11.9. The first-order valence-corrected chi connectivity index (χ1v) is 6.32. The van der Waals surface area contributed by atoms with Crippen molar-refractivity contribution in [2.24, 2.45) is 0 Å². The third-order valence-corrected chi connectivity index (χ3v) is 3.35. The van der Waals surface area contributed by atoms with Gasteiger partial charge in [0.25, 0.3) is 0 Å². The van der Waals surface area contributed by atoms with E-state index in [1.165, 1.54) is 27.8 Å². The molecule has 0 amide bonds. The van der Waals surface area contributed by atoms with Gasteiger partial charge < -0.3 is 0 Å². The fourth-order valence-electron chi connectivity index (χ4n) is 2.46. The van der Waals surface area contributed by atoms with E-state index in [1.807, 2.05) is 0 Å². The lowest BCUT2D eigenvalue weighted by Gasteiger charge is -2.17. The molecule has 1 aliphatic carbocycles. The van der Waals surface area contributed by atoms with Crippen LogP contribution in [-0.4, -0.2) is 0 Å². The molecule has 0 saturated carbocycles. The van der Waals surface area contributed by atoms with E-state index in [-0.39, 0.29) is 0 Å². The predicted octanol–water partition coefficient (Wildman–Crippen LogP) is 5.06. The summed E-state index contributed by atoms with van der Waals surface area (Å²) in [6, 6.07) is 8.77. The maximum absolute atomic E-state index is 2.27. The van der Waals surface area contributed by atoms with E-state index in [1.54, 1.807) is 0 Å². The van der Waals surface area contributed by atoms with Crippen molar-refractivity contribution < 1.29 is 0 Å². The van der Waals surface area contributed by atoms with E-state index < -0.39 is 0 Å². The molecule has 0 saturated heterocycles. The molecule has 0 N–H and O–H groups in total. The summed E-state index contributed by atoms with van der Waals surface area (Å²) < 4.78 is 0. The number of aryl methyl sites for hydroxylation is 1. The molecule has 88 valence electrons. The molecule has 0 heterocycles. The minimum absolute atomic E-state index is 1.16. The minimum atomic E-state index is 1.16. The highest BCUT2D eigenvalue weighted by atomic mass is 14.2. The Morgan fingerprint density at radius 3 is 2.71 bits per heavy atom. The van der Waals surface area contributed by atoms with Crippen molar-refractivity contribution in [1.29, 1.82) is 0 Å². The van der Waals surface area contributed by atoms with E-state index in [9.17, 15) is 0 Å². The van der Waals surface area contributed by atoms with Crippen LogP contribution in [0.5, 0.6) is 0 Å². The number of hydrogen-bond acceptors (Lipinski definition) is 0. The standard InChI is InChI=1S/C17H20/c1-4-16(15-10-7-8-13(2)12-15)17-11-6-5-9-14(17)3/h4-5,7-10,12H,6,11H2,1-3H3/b16-4-. The topological polar surface area (TPSA) is 0 Å². The lowest BCUT2D eigenvalue weighted by atomic mass is 9.88. The molecule has 0 atom stereocenters. The van der Waals surface area contributed by atoms with Crippen LogP contribution in [0.3, 0.4) is 0 Å². The van der Waals surface area contributed by atoms with Gasteiger partial charge in [0.1, 0.15) is 0 Å². The summed E-state index contributed by atoms with van der Waals surface area (Å²) in [6.07, 6.45) is 9.08. The molecule has 0 aliphatic heterocycles. The van der Waals surface area contributed by atoms with Crippen molar-refractivity contribution in [2.45, 2.75) is 33.6 Å². The zero-order chi connectivity index (χ0) is 12.3. The van der Waals surface area contributed by atoms with Gasteiger partial charge in [-0.25, -0.2) is 0 Å². The number of rotatable bonds is 2.